The molecule has 0 aliphatic heterocycles. The molecule has 10 atom stereocenters. The van der Waals surface area contributed by atoms with E-state index < -0.39 is 12.2 Å². The van der Waals surface area contributed by atoms with Crippen LogP contribution in [0.5, 0.6) is 0 Å². The Balaban J connectivity index is 1.57. The van der Waals surface area contributed by atoms with Crippen LogP contribution in [-0.4, -0.2) is 33.6 Å². The van der Waals surface area contributed by atoms with Gasteiger partial charge >= 0.3 is 0 Å². The van der Waals surface area contributed by atoms with E-state index in [9.17, 15) is 15.3 Å². The summed E-state index contributed by atoms with van der Waals surface area (Å²) in [6.45, 7) is 11.8. The molecule has 3 nitrogen and oxygen atoms in total. The molecule has 0 unspecified atom stereocenters. The first-order valence-corrected chi connectivity index (χ1v) is 12.8. The molecule has 0 spiro atoms. The van der Waals surface area contributed by atoms with Crippen molar-refractivity contribution in [3.05, 3.63) is 11.6 Å². The van der Waals surface area contributed by atoms with E-state index in [2.05, 4.69) is 40.7 Å². The lowest BCUT2D eigenvalue weighted by atomic mass is 9.45. The fourth-order valence-corrected chi connectivity index (χ4v) is 8.84. The smallest absolute Gasteiger partial charge is 0.0659 e. The van der Waals surface area contributed by atoms with Gasteiger partial charge in [0.25, 0.3) is 0 Å². The molecule has 172 valence electrons. The van der Waals surface area contributed by atoms with Crippen molar-refractivity contribution >= 4 is 0 Å². The van der Waals surface area contributed by atoms with E-state index in [4.69, 9.17) is 0 Å². The van der Waals surface area contributed by atoms with Gasteiger partial charge in [0.1, 0.15) is 0 Å². The van der Waals surface area contributed by atoms with Gasteiger partial charge in [-0.2, -0.15) is 0 Å². The molecule has 0 amide bonds. The van der Waals surface area contributed by atoms with E-state index in [1.165, 1.54) is 37.7 Å². The molecule has 0 aromatic heterocycles. The van der Waals surface area contributed by atoms with E-state index in [0.717, 1.165) is 24.7 Å². The van der Waals surface area contributed by atoms with Crippen molar-refractivity contribution < 1.29 is 15.3 Å². The second-order valence-electron chi connectivity index (χ2n) is 12.4. The van der Waals surface area contributed by atoms with Crippen LogP contribution in [0.3, 0.4) is 0 Å². The number of hydrogen-bond acceptors (Lipinski definition) is 3. The quantitative estimate of drug-likeness (QED) is 0.529. The zero-order valence-electron chi connectivity index (χ0n) is 20.0. The third-order valence-electron chi connectivity index (χ3n) is 10.3. The van der Waals surface area contributed by atoms with Crippen LogP contribution in [0.4, 0.5) is 0 Å². The summed E-state index contributed by atoms with van der Waals surface area (Å²) < 4.78 is 0. The topological polar surface area (TPSA) is 60.7 Å². The summed E-state index contributed by atoms with van der Waals surface area (Å²) in [6.07, 6.45) is 10.5. The summed E-state index contributed by atoms with van der Waals surface area (Å²) in [5.41, 5.74) is 1.05. The van der Waals surface area contributed by atoms with E-state index in [1.807, 2.05) is 0 Å². The van der Waals surface area contributed by atoms with Crippen LogP contribution < -0.4 is 0 Å². The van der Waals surface area contributed by atoms with Crippen molar-refractivity contribution in [3.63, 3.8) is 0 Å². The van der Waals surface area contributed by atoms with Crippen LogP contribution in [0.25, 0.3) is 0 Å². The number of aliphatic hydroxyl groups excluding tert-OH is 3. The maximum absolute atomic E-state index is 11.6. The lowest BCUT2D eigenvalue weighted by molar-refractivity contribution is -0.159. The Kier molecular flexibility index (Phi) is 6.23. The maximum Gasteiger partial charge on any atom is 0.0659 e. The van der Waals surface area contributed by atoms with Crippen molar-refractivity contribution in [1.29, 1.82) is 0 Å². The van der Waals surface area contributed by atoms with Gasteiger partial charge in [0.2, 0.25) is 0 Å². The van der Waals surface area contributed by atoms with Crippen LogP contribution >= 0.6 is 0 Å². The van der Waals surface area contributed by atoms with E-state index in [1.54, 1.807) is 0 Å². The predicted octanol–water partition coefficient (Wildman–Crippen LogP) is 5.33. The first-order valence-electron chi connectivity index (χ1n) is 12.8. The SMILES string of the molecule is CC(C)CCC[C@@H](C)[C@H]1CC[C@H]2[C@@H]3CC=C4C[C@H](O)C[C@H](O)[C@]4(C)[C@H]3[C@H](O)C[C@]12C. The van der Waals surface area contributed by atoms with Crippen molar-refractivity contribution in [2.75, 3.05) is 0 Å². The van der Waals surface area contributed by atoms with E-state index in [-0.39, 0.29) is 22.9 Å². The highest BCUT2D eigenvalue weighted by atomic mass is 16.3. The molecule has 3 N–H and O–H groups in total. The van der Waals surface area contributed by atoms with Crippen molar-refractivity contribution in [1.82, 2.24) is 0 Å². The molecule has 0 aromatic carbocycles. The molecule has 4 rings (SSSR count). The highest BCUT2D eigenvalue weighted by molar-refractivity contribution is 5.28. The minimum atomic E-state index is -0.550. The molecular formula is C27H46O3. The minimum absolute atomic E-state index is 0.132. The second kappa shape index (κ2) is 8.19. The number of allylic oxidation sites excluding steroid dienone is 1. The molecule has 4 aliphatic rings. The summed E-state index contributed by atoms with van der Waals surface area (Å²) in [7, 11) is 0. The normalized spacial score (nSPS) is 49.2. The summed E-state index contributed by atoms with van der Waals surface area (Å²) in [5, 5.41) is 32.8. The Labute approximate surface area is 184 Å². The lowest BCUT2D eigenvalue weighted by Gasteiger charge is -2.61. The van der Waals surface area contributed by atoms with Gasteiger partial charge < -0.3 is 15.3 Å². The fraction of sp³-hybridized carbons (Fsp3) is 0.926. The molecule has 0 aromatic rings. The molecule has 3 fully saturated rings. The fourth-order valence-electron chi connectivity index (χ4n) is 8.84. The number of aliphatic hydroxyl groups is 3. The predicted molar refractivity (Wildman–Crippen MR) is 122 cm³/mol. The van der Waals surface area contributed by atoms with Crippen molar-refractivity contribution in [3.8, 4) is 0 Å². The van der Waals surface area contributed by atoms with Gasteiger partial charge in [-0.3, -0.25) is 0 Å². The zero-order chi connectivity index (χ0) is 21.8. The van der Waals surface area contributed by atoms with Crippen LogP contribution in [-0.2, 0) is 0 Å². The number of fused-ring (bicyclic) bond motifs is 5. The second-order valence-corrected chi connectivity index (χ2v) is 12.4. The van der Waals surface area contributed by atoms with Gasteiger partial charge in [-0.25, -0.2) is 0 Å². The molecular weight excluding hydrogens is 372 g/mol. The van der Waals surface area contributed by atoms with Gasteiger partial charge in [0.05, 0.1) is 18.3 Å². The highest BCUT2D eigenvalue weighted by Gasteiger charge is 2.63. The molecule has 4 aliphatic carbocycles. The number of hydrogen-bond donors (Lipinski definition) is 3. The first kappa shape index (κ1) is 22.8. The zero-order valence-corrected chi connectivity index (χ0v) is 20.0. The molecule has 0 bridgehead atoms. The molecule has 30 heavy (non-hydrogen) atoms. The minimum Gasteiger partial charge on any atom is -0.393 e. The average molecular weight is 419 g/mol. The average Bonchev–Trinajstić information content (AvgIpc) is 2.99. The van der Waals surface area contributed by atoms with Crippen LogP contribution in [0.15, 0.2) is 11.6 Å². The van der Waals surface area contributed by atoms with Crippen molar-refractivity contribution in [2.45, 2.75) is 111 Å². The molecule has 3 saturated carbocycles. The third-order valence-corrected chi connectivity index (χ3v) is 10.3. The Bertz CT molecular complexity index is 656. The van der Waals surface area contributed by atoms with Crippen molar-refractivity contribution in [2.24, 2.45) is 46.3 Å². The Morgan fingerprint density at radius 2 is 1.80 bits per heavy atom. The summed E-state index contributed by atoms with van der Waals surface area (Å²) in [6, 6.07) is 0. The summed E-state index contributed by atoms with van der Waals surface area (Å²) >= 11 is 0. The van der Waals surface area contributed by atoms with Gasteiger partial charge in [0, 0.05) is 11.8 Å². The van der Waals surface area contributed by atoms with Gasteiger partial charge in [-0.15, -0.1) is 0 Å². The number of rotatable bonds is 5. The van der Waals surface area contributed by atoms with Crippen LogP contribution in [0, 0.1) is 46.3 Å². The molecule has 3 heteroatoms. The van der Waals surface area contributed by atoms with Crippen LogP contribution in [0.1, 0.15) is 92.4 Å². The van der Waals surface area contributed by atoms with Gasteiger partial charge in [0.15, 0.2) is 0 Å². The lowest BCUT2D eigenvalue weighted by Crippen LogP contribution is -2.60. The van der Waals surface area contributed by atoms with Gasteiger partial charge in [-0.05, 0) is 73.0 Å². The molecule has 0 radical (unpaired) electrons. The monoisotopic (exact) mass is 418 g/mol. The summed E-state index contributed by atoms with van der Waals surface area (Å²) in [5.74, 6) is 3.46. The van der Waals surface area contributed by atoms with Crippen LogP contribution in [0.2, 0.25) is 0 Å². The third kappa shape index (κ3) is 3.52. The summed E-state index contributed by atoms with van der Waals surface area (Å²) in [4.78, 5) is 0. The largest absolute Gasteiger partial charge is 0.393 e. The first-order chi connectivity index (χ1) is 14.1. The highest BCUT2D eigenvalue weighted by Crippen LogP contribution is 2.67. The van der Waals surface area contributed by atoms with Gasteiger partial charge in [-0.1, -0.05) is 65.5 Å². The molecule has 0 saturated heterocycles. The maximum atomic E-state index is 11.6. The Hall–Kier alpha value is -0.380. The Morgan fingerprint density at radius 3 is 2.50 bits per heavy atom. The van der Waals surface area contributed by atoms with E-state index >= 15 is 0 Å². The Morgan fingerprint density at radius 1 is 1.07 bits per heavy atom. The standard InChI is InChI=1S/C27H46O3/c1-16(2)7-6-8-17(3)21-11-12-22-20-10-9-18-13-19(28)14-24(30)27(18,5)25(20)23(29)15-26(21,22)4/h9,16-17,19-25,28-30H,6-8,10-15H2,1-5H3/t17-,19+,20+,21-,22+,23-,24+,25-,26-,27-/m1/s1. The van der Waals surface area contributed by atoms with E-state index in [0.29, 0.717) is 30.6 Å². The molecule has 0 heterocycles.